The first-order chi connectivity index (χ1) is 7.83. The molecule has 1 heterocycles. The molecule has 2 N–H and O–H groups in total. The van der Waals surface area contributed by atoms with Crippen LogP contribution in [0.4, 0.5) is 0 Å². The number of nitriles is 1. The molecule has 0 spiro atoms. The molecule has 2 aromatic rings. The van der Waals surface area contributed by atoms with Crippen LogP contribution in [0.3, 0.4) is 0 Å². The zero-order valence-electron chi connectivity index (χ0n) is 8.72. The number of rotatable bonds is 2. The molecule has 1 aromatic heterocycles. The van der Waals surface area contributed by atoms with E-state index in [1.165, 1.54) is 0 Å². The van der Waals surface area contributed by atoms with Gasteiger partial charge in [0.1, 0.15) is 6.07 Å². The maximum absolute atomic E-state index is 8.80. The number of nitrogens with zero attached hydrogens (tertiary/aromatic N) is 2. The monoisotopic (exact) mass is 209 g/mol. The molecule has 0 bridgehead atoms. The van der Waals surface area contributed by atoms with Gasteiger partial charge in [-0.15, -0.1) is 0 Å². The number of benzene rings is 1. The molecule has 1 aromatic carbocycles. The maximum Gasteiger partial charge on any atom is 0.101 e. The van der Waals surface area contributed by atoms with Gasteiger partial charge in [0.25, 0.3) is 0 Å². The predicted molar refractivity (Wildman–Crippen MR) is 62.3 cm³/mol. The van der Waals surface area contributed by atoms with E-state index in [0.29, 0.717) is 12.1 Å². The Balaban J connectivity index is 2.46. The summed E-state index contributed by atoms with van der Waals surface area (Å²) in [6.45, 7) is 0.513. The van der Waals surface area contributed by atoms with E-state index in [9.17, 15) is 0 Å². The van der Waals surface area contributed by atoms with Gasteiger partial charge < -0.3 is 5.73 Å². The third kappa shape index (κ3) is 2.08. The van der Waals surface area contributed by atoms with Gasteiger partial charge in [0, 0.05) is 24.5 Å². The molecule has 3 nitrogen and oxygen atoms in total. The molecule has 2 rings (SSSR count). The molecule has 0 aliphatic rings. The van der Waals surface area contributed by atoms with Crippen LogP contribution in [-0.4, -0.2) is 4.98 Å². The van der Waals surface area contributed by atoms with Crippen molar-refractivity contribution in [3.05, 3.63) is 53.9 Å². The zero-order valence-corrected chi connectivity index (χ0v) is 8.72. The van der Waals surface area contributed by atoms with Crippen molar-refractivity contribution in [1.82, 2.24) is 4.98 Å². The SMILES string of the molecule is N#Cc1cncc(-c2cccc(CN)c2)c1. The van der Waals surface area contributed by atoms with Crippen LogP contribution in [0.1, 0.15) is 11.1 Å². The van der Waals surface area contributed by atoms with Gasteiger partial charge in [-0.05, 0) is 23.3 Å². The highest BCUT2D eigenvalue weighted by Crippen LogP contribution is 2.20. The smallest absolute Gasteiger partial charge is 0.101 e. The summed E-state index contributed by atoms with van der Waals surface area (Å²) in [5.41, 5.74) is 9.19. The summed E-state index contributed by atoms with van der Waals surface area (Å²) in [4.78, 5) is 4.03. The van der Waals surface area contributed by atoms with Crippen molar-refractivity contribution in [2.24, 2.45) is 5.73 Å². The van der Waals surface area contributed by atoms with Crippen molar-refractivity contribution in [3.8, 4) is 17.2 Å². The van der Waals surface area contributed by atoms with Crippen molar-refractivity contribution in [2.75, 3.05) is 0 Å². The molecular formula is C13H11N3. The van der Waals surface area contributed by atoms with E-state index in [2.05, 4.69) is 11.1 Å². The first-order valence-corrected chi connectivity index (χ1v) is 4.98. The first-order valence-electron chi connectivity index (χ1n) is 4.98. The lowest BCUT2D eigenvalue weighted by Crippen LogP contribution is -1.95. The normalized spacial score (nSPS) is 9.75. The molecule has 0 aliphatic carbocycles. The fraction of sp³-hybridized carbons (Fsp3) is 0.0769. The first kappa shape index (κ1) is 10.3. The van der Waals surface area contributed by atoms with Crippen LogP contribution in [0, 0.1) is 11.3 Å². The predicted octanol–water partition coefficient (Wildman–Crippen LogP) is 2.08. The minimum atomic E-state index is 0.513. The summed E-state index contributed by atoms with van der Waals surface area (Å²) < 4.78 is 0. The highest BCUT2D eigenvalue weighted by atomic mass is 14.6. The molecule has 16 heavy (non-hydrogen) atoms. The van der Waals surface area contributed by atoms with Crippen LogP contribution < -0.4 is 5.73 Å². The Labute approximate surface area is 94.2 Å². The van der Waals surface area contributed by atoms with Crippen LogP contribution in [-0.2, 0) is 6.54 Å². The molecule has 3 heteroatoms. The molecule has 0 amide bonds. The summed E-state index contributed by atoms with van der Waals surface area (Å²) in [5.74, 6) is 0. The van der Waals surface area contributed by atoms with Crippen molar-refractivity contribution in [3.63, 3.8) is 0 Å². The summed E-state index contributed by atoms with van der Waals surface area (Å²) in [7, 11) is 0. The third-order valence-electron chi connectivity index (χ3n) is 2.36. The standard InChI is InChI=1S/C13H11N3/c14-6-10-2-1-3-12(4-10)13-5-11(7-15)8-16-9-13/h1-5,8-9H,6,14H2. The lowest BCUT2D eigenvalue weighted by atomic mass is 10.0. The summed E-state index contributed by atoms with van der Waals surface area (Å²) in [5, 5.41) is 8.80. The van der Waals surface area contributed by atoms with Gasteiger partial charge in [-0.1, -0.05) is 18.2 Å². The van der Waals surface area contributed by atoms with E-state index < -0.39 is 0 Å². The molecular weight excluding hydrogens is 198 g/mol. The second-order valence-corrected chi connectivity index (χ2v) is 3.48. The van der Waals surface area contributed by atoms with Crippen molar-refractivity contribution < 1.29 is 0 Å². The Kier molecular flexibility index (Phi) is 2.95. The van der Waals surface area contributed by atoms with Gasteiger partial charge >= 0.3 is 0 Å². The average Bonchev–Trinajstić information content (AvgIpc) is 2.39. The molecule has 0 unspecified atom stereocenters. The minimum absolute atomic E-state index is 0.513. The Morgan fingerprint density at radius 3 is 2.81 bits per heavy atom. The highest BCUT2D eigenvalue weighted by molar-refractivity contribution is 5.64. The van der Waals surface area contributed by atoms with E-state index >= 15 is 0 Å². The van der Waals surface area contributed by atoms with E-state index in [4.69, 9.17) is 11.0 Å². The van der Waals surface area contributed by atoms with Gasteiger partial charge in [-0.25, -0.2) is 0 Å². The van der Waals surface area contributed by atoms with Crippen molar-refractivity contribution in [2.45, 2.75) is 6.54 Å². The van der Waals surface area contributed by atoms with Gasteiger partial charge in [-0.2, -0.15) is 5.26 Å². The largest absolute Gasteiger partial charge is 0.326 e. The summed E-state index contributed by atoms with van der Waals surface area (Å²) in [6, 6.07) is 11.8. The van der Waals surface area contributed by atoms with Crippen molar-refractivity contribution >= 4 is 0 Å². The third-order valence-corrected chi connectivity index (χ3v) is 2.36. The topological polar surface area (TPSA) is 62.7 Å². The van der Waals surface area contributed by atoms with Gasteiger partial charge in [0.15, 0.2) is 0 Å². The number of hydrogen-bond donors (Lipinski definition) is 1. The molecule has 0 saturated carbocycles. The average molecular weight is 209 g/mol. The number of aromatic nitrogens is 1. The number of hydrogen-bond acceptors (Lipinski definition) is 3. The van der Waals surface area contributed by atoms with E-state index in [-0.39, 0.29) is 0 Å². The molecule has 0 aliphatic heterocycles. The van der Waals surface area contributed by atoms with Crippen molar-refractivity contribution in [1.29, 1.82) is 5.26 Å². The lowest BCUT2D eigenvalue weighted by molar-refractivity contribution is 1.07. The van der Waals surface area contributed by atoms with Crippen LogP contribution >= 0.6 is 0 Å². The lowest BCUT2D eigenvalue weighted by Gasteiger charge is -2.03. The maximum atomic E-state index is 8.80. The van der Waals surface area contributed by atoms with Gasteiger partial charge in [-0.3, -0.25) is 4.98 Å². The zero-order chi connectivity index (χ0) is 11.4. The van der Waals surface area contributed by atoms with E-state index in [1.54, 1.807) is 12.4 Å². The van der Waals surface area contributed by atoms with Crippen LogP contribution in [0.5, 0.6) is 0 Å². The van der Waals surface area contributed by atoms with Crippen LogP contribution in [0.2, 0.25) is 0 Å². The second-order valence-electron chi connectivity index (χ2n) is 3.48. The molecule has 0 radical (unpaired) electrons. The van der Waals surface area contributed by atoms with Crippen LogP contribution in [0.15, 0.2) is 42.7 Å². The van der Waals surface area contributed by atoms with Gasteiger partial charge in [0.05, 0.1) is 5.56 Å². The number of pyridine rings is 1. The quantitative estimate of drug-likeness (QED) is 0.823. The number of nitrogens with two attached hydrogens (primary N) is 1. The second kappa shape index (κ2) is 4.56. The molecule has 0 atom stereocenters. The van der Waals surface area contributed by atoms with E-state index in [0.717, 1.165) is 16.7 Å². The fourth-order valence-corrected chi connectivity index (χ4v) is 1.54. The summed E-state index contributed by atoms with van der Waals surface area (Å²) in [6.07, 6.45) is 3.30. The van der Waals surface area contributed by atoms with Crippen LogP contribution in [0.25, 0.3) is 11.1 Å². The Morgan fingerprint density at radius 1 is 1.19 bits per heavy atom. The highest BCUT2D eigenvalue weighted by Gasteiger charge is 2.00. The Morgan fingerprint density at radius 2 is 2.06 bits per heavy atom. The van der Waals surface area contributed by atoms with E-state index in [1.807, 2.05) is 30.3 Å². The minimum Gasteiger partial charge on any atom is -0.326 e. The fourth-order valence-electron chi connectivity index (χ4n) is 1.54. The summed E-state index contributed by atoms with van der Waals surface area (Å²) >= 11 is 0. The Hall–Kier alpha value is -2.18. The van der Waals surface area contributed by atoms with Gasteiger partial charge in [0.2, 0.25) is 0 Å². The molecule has 78 valence electrons. The Bertz CT molecular complexity index is 541. The molecule has 0 saturated heterocycles. The molecule has 0 fully saturated rings.